The fourth-order valence-corrected chi connectivity index (χ4v) is 5.12. The number of carbonyl (C=O) groups excluding carboxylic acids is 1. The summed E-state index contributed by atoms with van der Waals surface area (Å²) in [4.78, 5) is 12.2. The molecule has 0 unspecified atom stereocenters. The molecule has 0 aliphatic heterocycles. The highest BCUT2D eigenvalue weighted by Crippen LogP contribution is 2.18. The summed E-state index contributed by atoms with van der Waals surface area (Å²) in [5.41, 5.74) is 0.864. The van der Waals surface area contributed by atoms with E-state index >= 15 is 0 Å². The fourth-order valence-electron chi connectivity index (χ4n) is 5.12. The second kappa shape index (κ2) is 27.1. The van der Waals surface area contributed by atoms with Crippen molar-refractivity contribution in [3.63, 3.8) is 0 Å². The van der Waals surface area contributed by atoms with E-state index in [1.165, 1.54) is 135 Å². The normalized spacial score (nSPS) is 11.1. The molecule has 0 atom stereocenters. The molecule has 1 amide bonds. The third-order valence-corrected chi connectivity index (χ3v) is 7.66. The molecule has 0 spiro atoms. The largest absolute Gasteiger partial charge is 0.494 e. The van der Waals surface area contributed by atoms with Gasteiger partial charge in [0.1, 0.15) is 5.75 Å². The van der Waals surface area contributed by atoms with Gasteiger partial charge in [-0.3, -0.25) is 4.79 Å². The smallest absolute Gasteiger partial charge is 0.224 e. The Bertz CT molecular complexity index is 627. The third-order valence-electron chi connectivity index (χ3n) is 7.66. The summed E-state index contributed by atoms with van der Waals surface area (Å²) in [6, 6.07) is 7.81. The summed E-state index contributed by atoms with van der Waals surface area (Å²) in [5, 5.41) is 3.02. The molecular formula is C35H63NO2. The van der Waals surface area contributed by atoms with Crippen LogP contribution in [0.15, 0.2) is 24.3 Å². The number of amides is 1. The molecule has 1 N–H and O–H groups in total. The Morgan fingerprint density at radius 1 is 0.526 bits per heavy atom. The van der Waals surface area contributed by atoms with Crippen LogP contribution in [0.25, 0.3) is 0 Å². The highest BCUT2D eigenvalue weighted by Gasteiger charge is 2.03. The first-order valence-electron chi connectivity index (χ1n) is 16.8. The number of unbranched alkanes of at least 4 members (excludes halogenated alkanes) is 22. The molecule has 0 aromatic heterocycles. The van der Waals surface area contributed by atoms with Crippen LogP contribution in [-0.2, 0) is 4.79 Å². The molecule has 0 aliphatic rings. The number of anilines is 1. The zero-order valence-electron chi connectivity index (χ0n) is 25.5. The minimum atomic E-state index is 0.126. The molecule has 3 nitrogen and oxygen atoms in total. The lowest BCUT2D eigenvalue weighted by Gasteiger charge is -2.08. The Morgan fingerprint density at radius 3 is 1.32 bits per heavy atom. The molecular weight excluding hydrogens is 466 g/mol. The van der Waals surface area contributed by atoms with Crippen LogP contribution in [-0.4, -0.2) is 12.5 Å². The van der Waals surface area contributed by atoms with Crippen LogP contribution < -0.4 is 10.1 Å². The summed E-state index contributed by atoms with van der Waals surface area (Å²) in [5.74, 6) is 1.01. The molecule has 1 rings (SSSR count). The van der Waals surface area contributed by atoms with Crippen LogP contribution in [0.5, 0.6) is 5.75 Å². The first kappa shape index (κ1) is 34.5. The van der Waals surface area contributed by atoms with Gasteiger partial charge in [-0.15, -0.1) is 0 Å². The predicted molar refractivity (Wildman–Crippen MR) is 167 cm³/mol. The molecule has 1 aromatic carbocycles. The number of benzene rings is 1. The number of ether oxygens (including phenoxy) is 1. The summed E-state index contributed by atoms with van der Waals surface area (Å²) in [6.45, 7) is 5.30. The first-order valence-corrected chi connectivity index (χ1v) is 16.8. The Hall–Kier alpha value is -1.51. The molecule has 0 saturated carbocycles. The van der Waals surface area contributed by atoms with E-state index in [9.17, 15) is 4.79 Å². The van der Waals surface area contributed by atoms with Gasteiger partial charge in [0, 0.05) is 12.1 Å². The van der Waals surface area contributed by atoms with Crippen molar-refractivity contribution in [1.29, 1.82) is 0 Å². The van der Waals surface area contributed by atoms with Crippen LogP contribution in [0.3, 0.4) is 0 Å². The summed E-state index contributed by atoms with van der Waals surface area (Å²) < 4.78 is 5.81. The van der Waals surface area contributed by atoms with Crippen LogP contribution >= 0.6 is 0 Å². The van der Waals surface area contributed by atoms with Crippen molar-refractivity contribution < 1.29 is 9.53 Å². The van der Waals surface area contributed by atoms with Crippen molar-refractivity contribution in [3.05, 3.63) is 24.3 Å². The highest BCUT2D eigenvalue weighted by atomic mass is 16.5. The molecule has 0 saturated heterocycles. The zero-order chi connectivity index (χ0) is 27.4. The van der Waals surface area contributed by atoms with Crippen molar-refractivity contribution in [1.82, 2.24) is 0 Å². The van der Waals surface area contributed by atoms with Gasteiger partial charge < -0.3 is 10.1 Å². The van der Waals surface area contributed by atoms with E-state index in [4.69, 9.17) is 4.74 Å². The SMILES string of the molecule is CCCCCCCCCCCCCCCCCCCCCC(=O)Nc1ccc(OCCCCCCC)cc1. The van der Waals surface area contributed by atoms with E-state index in [1.54, 1.807) is 0 Å². The minimum absolute atomic E-state index is 0.126. The van der Waals surface area contributed by atoms with Crippen LogP contribution in [0.4, 0.5) is 5.69 Å². The molecule has 3 heteroatoms. The molecule has 38 heavy (non-hydrogen) atoms. The average Bonchev–Trinajstić information content (AvgIpc) is 2.93. The lowest BCUT2D eigenvalue weighted by Crippen LogP contribution is -2.11. The topological polar surface area (TPSA) is 38.3 Å². The van der Waals surface area contributed by atoms with Gasteiger partial charge in [-0.1, -0.05) is 155 Å². The highest BCUT2D eigenvalue weighted by molar-refractivity contribution is 5.90. The number of nitrogens with one attached hydrogen (secondary N) is 1. The quantitative estimate of drug-likeness (QED) is 0.110. The van der Waals surface area contributed by atoms with E-state index in [0.717, 1.165) is 37.3 Å². The first-order chi connectivity index (χ1) is 18.8. The second-order valence-electron chi connectivity index (χ2n) is 11.4. The molecule has 0 radical (unpaired) electrons. The molecule has 0 heterocycles. The lowest BCUT2D eigenvalue weighted by atomic mass is 10.0. The van der Waals surface area contributed by atoms with Gasteiger partial charge in [0.15, 0.2) is 0 Å². The predicted octanol–water partition coefficient (Wildman–Crippen LogP) is 11.8. The van der Waals surface area contributed by atoms with Crippen LogP contribution in [0, 0.1) is 0 Å². The third kappa shape index (κ3) is 22.5. The zero-order valence-corrected chi connectivity index (χ0v) is 25.5. The minimum Gasteiger partial charge on any atom is -0.494 e. The van der Waals surface area contributed by atoms with Crippen LogP contribution in [0.1, 0.15) is 174 Å². The number of rotatable bonds is 28. The molecule has 0 fully saturated rings. The Morgan fingerprint density at radius 2 is 0.895 bits per heavy atom. The van der Waals surface area contributed by atoms with E-state index in [2.05, 4.69) is 19.2 Å². The van der Waals surface area contributed by atoms with E-state index in [-0.39, 0.29) is 5.91 Å². The van der Waals surface area contributed by atoms with Crippen molar-refractivity contribution in [3.8, 4) is 5.75 Å². The standard InChI is InChI=1S/C35H63NO2/c1-3-5-7-9-10-11-12-13-14-15-16-17-18-19-20-21-22-23-25-27-35(37)36-33-28-30-34(31-29-33)38-32-26-24-8-6-4-2/h28-31H,3-27,32H2,1-2H3,(H,36,37). The maximum absolute atomic E-state index is 12.2. The van der Waals surface area contributed by atoms with E-state index < -0.39 is 0 Å². The van der Waals surface area contributed by atoms with Gasteiger partial charge in [0.25, 0.3) is 0 Å². The fraction of sp³-hybridized carbons (Fsp3) is 0.800. The van der Waals surface area contributed by atoms with Gasteiger partial charge >= 0.3 is 0 Å². The van der Waals surface area contributed by atoms with Gasteiger partial charge in [-0.05, 0) is 37.1 Å². The van der Waals surface area contributed by atoms with Crippen molar-refractivity contribution in [2.24, 2.45) is 0 Å². The van der Waals surface area contributed by atoms with Gasteiger partial charge in [-0.2, -0.15) is 0 Å². The molecule has 220 valence electrons. The van der Waals surface area contributed by atoms with Crippen molar-refractivity contribution in [2.75, 3.05) is 11.9 Å². The Labute approximate surface area is 237 Å². The number of hydrogen-bond donors (Lipinski definition) is 1. The Balaban J connectivity index is 1.84. The van der Waals surface area contributed by atoms with E-state index in [0.29, 0.717) is 6.42 Å². The maximum atomic E-state index is 12.2. The summed E-state index contributed by atoms with van der Waals surface area (Å²) in [6.07, 6.45) is 33.0. The number of carbonyl (C=O) groups is 1. The number of hydrogen-bond acceptors (Lipinski definition) is 2. The van der Waals surface area contributed by atoms with Crippen molar-refractivity contribution >= 4 is 11.6 Å². The van der Waals surface area contributed by atoms with Gasteiger partial charge in [-0.25, -0.2) is 0 Å². The average molecular weight is 530 g/mol. The Kier molecular flexibility index (Phi) is 24.6. The monoisotopic (exact) mass is 529 g/mol. The van der Waals surface area contributed by atoms with Crippen molar-refractivity contribution in [2.45, 2.75) is 174 Å². The summed E-state index contributed by atoms with van der Waals surface area (Å²) in [7, 11) is 0. The maximum Gasteiger partial charge on any atom is 0.224 e. The van der Waals surface area contributed by atoms with Gasteiger partial charge in [0.05, 0.1) is 6.61 Å². The van der Waals surface area contributed by atoms with Crippen LogP contribution in [0.2, 0.25) is 0 Å². The van der Waals surface area contributed by atoms with Gasteiger partial charge in [0.2, 0.25) is 5.91 Å². The summed E-state index contributed by atoms with van der Waals surface area (Å²) >= 11 is 0. The lowest BCUT2D eigenvalue weighted by molar-refractivity contribution is -0.116. The molecule has 0 aliphatic carbocycles. The van der Waals surface area contributed by atoms with E-state index in [1.807, 2.05) is 24.3 Å². The molecule has 0 bridgehead atoms. The molecule has 1 aromatic rings. The second-order valence-corrected chi connectivity index (χ2v) is 11.4.